The highest BCUT2D eigenvalue weighted by Crippen LogP contribution is 2.18. The molecule has 0 saturated carbocycles. The van der Waals surface area contributed by atoms with Crippen molar-refractivity contribution in [1.29, 1.82) is 0 Å². The van der Waals surface area contributed by atoms with Crippen molar-refractivity contribution in [3.05, 3.63) is 78.6 Å². The number of nitrogens with zero attached hydrogens (tertiary/aromatic N) is 5. The molecule has 4 rings (SSSR count). The van der Waals surface area contributed by atoms with Gasteiger partial charge in [-0.25, -0.2) is 9.97 Å². The number of rotatable bonds is 8. The summed E-state index contributed by atoms with van der Waals surface area (Å²) in [4.78, 5) is 24.6. The third kappa shape index (κ3) is 4.93. The summed E-state index contributed by atoms with van der Waals surface area (Å²) < 4.78 is 1.38. The smallest absolute Gasteiger partial charge is 0.248 e. The lowest BCUT2D eigenvalue weighted by Crippen LogP contribution is -2.37. The number of nitrogens with one attached hydrogen (secondary N) is 2. The Hall–Kier alpha value is -4.47. The summed E-state index contributed by atoms with van der Waals surface area (Å²) in [6.45, 7) is 0. The first-order chi connectivity index (χ1) is 15.1. The van der Waals surface area contributed by atoms with Crippen LogP contribution < -0.4 is 22.1 Å². The quantitative estimate of drug-likeness (QED) is 0.341. The number of para-hydroxylation sites is 1. The number of hydrogen-bond acceptors (Lipinski definition) is 8. The van der Waals surface area contributed by atoms with Crippen molar-refractivity contribution in [2.24, 2.45) is 5.73 Å². The van der Waals surface area contributed by atoms with E-state index in [0.29, 0.717) is 24.0 Å². The molecule has 0 unspecified atom stereocenters. The largest absolute Gasteiger partial charge is 0.368 e. The highest BCUT2D eigenvalue weighted by Gasteiger charge is 2.18. The van der Waals surface area contributed by atoms with Crippen molar-refractivity contribution in [3.8, 4) is 5.82 Å². The van der Waals surface area contributed by atoms with Crippen LogP contribution in [0.2, 0.25) is 0 Å². The van der Waals surface area contributed by atoms with E-state index in [4.69, 9.17) is 11.5 Å². The molecule has 1 amide bonds. The van der Waals surface area contributed by atoms with Gasteiger partial charge in [0.1, 0.15) is 18.2 Å². The van der Waals surface area contributed by atoms with E-state index < -0.39 is 11.9 Å². The number of benzene rings is 2. The van der Waals surface area contributed by atoms with E-state index in [-0.39, 0.29) is 5.95 Å². The molecule has 0 aliphatic heterocycles. The molecular formula is C21H21N9O. The molecular weight excluding hydrogens is 394 g/mol. The van der Waals surface area contributed by atoms with Crippen LogP contribution in [0.4, 0.5) is 23.4 Å². The van der Waals surface area contributed by atoms with Gasteiger partial charge in [-0.05, 0) is 17.7 Å². The van der Waals surface area contributed by atoms with Crippen molar-refractivity contribution < 1.29 is 4.79 Å². The predicted molar refractivity (Wildman–Crippen MR) is 118 cm³/mol. The molecule has 2 heterocycles. The fourth-order valence-corrected chi connectivity index (χ4v) is 2.99. The number of aromatic nitrogens is 5. The summed E-state index contributed by atoms with van der Waals surface area (Å²) in [7, 11) is 0. The van der Waals surface area contributed by atoms with Gasteiger partial charge in [0.15, 0.2) is 5.82 Å². The average molecular weight is 415 g/mol. The number of anilines is 4. The second kappa shape index (κ2) is 8.91. The number of carbonyl (C=O) groups excluding carboxylic acids is 1. The number of amides is 1. The highest BCUT2D eigenvalue weighted by atomic mass is 16.1. The zero-order valence-electron chi connectivity index (χ0n) is 16.5. The Bertz CT molecular complexity index is 1160. The lowest BCUT2D eigenvalue weighted by Gasteiger charge is -2.16. The fraction of sp³-hybridized carbons (Fsp3) is 0.0952. The number of hydrogen-bond donors (Lipinski definition) is 4. The molecule has 10 nitrogen and oxygen atoms in total. The minimum absolute atomic E-state index is 0.152. The van der Waals surface area contributed by atoms with Crippen LogP contribution in [-0.4, -0.2) is 36.7 Å². The van der Waals surface area contributed by atoms with E-state index in [0.717, 1.165) is 11.3 Å². The molecule has 31 heavy (non-hydrogen) atoms. The van der Waals surface area contributed by atoms with Gasteiger partial charge in [-0.1, -0.05) is 48.5 Å². The monoisotopic (exact) mass is 415 g/mol. The van der Waals surface area contributed by atoms with Crippen LogP contribution in [0.5, 0.6) is 0 Å². The first kappa shape index (κ1) is 19.8. The van der Waals surface area contributed by atoms with Gasteiger partial charge in [0.05, 0.1) is 0 Å². The van der Waals surface area contributed by atoms with E-state index >= 15 is 0 Å². The van der Waals surface area contributed by atoms with Crippen molar-refractivity contribution >= 4 is 29.3 Å². The lowest BCUT2D eigenvalue weighted by atomic mass is 10.1. The summed E-state index contributed by atoms with van der Waals surface area (Å²) in [5.41, 5.74) is 13.4. The standard InChI is InChI=1S/C21H21N9O/c22-19(31)16(11-14-7-3-1-4-8-14)27-17-12-18(25-13-24-17)30-20(23)28-21(29-30)26-15-9-5-2-6-10-15/h1-10,12-13,16H,11H2,(H2,22,31)(H,24,25,27)(H3,23,26,28,29)/t16-/m0/s1. The van der Waals surface area contributed by atoms with Gasteiger partial charge in [-0.3, -0.25) is 4.79 Å². The fourth-order valence-electron chi connectivity index (χ4n) is 2.99. The number of primary amides is 1. The van der Waals surface area contributed by atoms with Gasteiger partial charge in [0.25, 0.3) is 0 Å². The van der Waals surface area contributed by atoms with E-state index in [2.05, 4.69) is 30.7 Å². The normalized spacial score (nSPS) is 11.6. The van der Waals surface area contributed by atoms with Crippen LogP contribution in [0.25, 0.3) is 5.82 Å². The second-order valence-electron chi connectivity index (χ2n) is 6.75. The molecule has 156 valence electrons. The van der Waals surface area contributed by atoms with E-state index in [9.17, 15) is 4.79 Å². The van der Waals surface area contributed by atoms with Crippen LogP contribution in [0, 0.1) is 0 Å². The number of nitrogen functional groups attached to an aromatic ring is 1. The van der Waals surface area contributed by atoms with Gasteiger partial charge in [-0.15, -0.1) is 5.10 Å². The van der Waals surface area contributed by atoms with Gasteiger partial charge in [0.2, 0.25) is 17.8 Å². The van der Waals surface area contributed by atoms with Crippen LogP contribution in [-0.2, 0) is 11.2 Å². The number of carbonyl (C=O) groups is 1. The molecule has 0 bridgehead atoms. The molecule has 4 aromatic rings. The molecule has 0 saturated heterocycles. The van der Waals surface area contributed by atoms with Crippen LogP contribution in [0.3, 0.4) is 0 Å². The summed E-state index contributed by atoms with van der Waals surface area (Å²) >= 11 is 0. The third-order valence-corrected chi connectivity index (χ3v) is 4.48. The zero-order chi connectivity index (χ0) is 21.6. The lowest BCUT2D eigenvalue weighted by molar-refractivity contribution is -0.118. The van der Waals surface area contributed by atoms with Crippen LogP contribution >= 0.6 is 0 Å². The van der Waals surface area contributed by atoms with Gasteiger partial charge in [0, 0.05) is 18.2 Å². The second-order valence-corrected chi connectivity index (χ2v) is 6.75. The maximum Gasteiger partial charge on any atom is 0.248 e. The van der Waals surface area contributed by atoms with Crippen molar-refractivity contribution in [2.75, 3.05) is 16.4 Å². The van der Waals surface area contributed by atoms with Crippen molar-refractivity contribution in [2.45, 2.75) is 12.5 Å². The topological polar surface area (TPSA) is 150 Å². The Morgan fingerprint density at radius 2 is 1.74 bits per heavy atom. The summed E-state index contributed by atoms with van der Waals surface area (Å²) in [5.74, 6) is 0.803. The Balaban J connectivity index is 1.53. The molecule has 1 atom stereocenters. The highest BCUT2D eigenvalue weighted by molar-refractivity contribution is 5.83. The van der Waals surface area contributed by atoms with Crippen LogP contribution in [0.1, 0.15) is 5.56 Å². The van der Waals surface area contributed by atoms with Gasteiger partial charge >= 0.3 is 0 Å². The SMILES string of the molecule is NC(=O)[C@H](Cc1ccccc1)Nc1cc(-n2nc(Nc3ccccc3)nc2N)ncn1. The molecule has 6 N–H and O–H groups in total. The summed E-state index contributed by atoms with van der Waals surface area (Å²) in [5, 5.41) is 10.5. The first-order valence-corrected chi connectivity index (χ1v) is 9.55. The molecule has 0 fully saturated rings. The van der Waals surface area contributed by atoms with E-state index in [1.54, 1.807) is 6.07 Å². The predicted octanol–water partition coefficient (Wildman–Crippen LogP) is 1.89. The maximum atomic E-state index is 12.0. The van der Waals surface area contributed by atoms with Crippen molar-refractivity contribution in [1.82, 2.24) is 24.7 Å². The molecule has 0 spiro atoms. The Morgan fingerprint density at radius 1 is 1.03 bits per heavy atom. The average Bonchev–Trinajstić information content (AvgIpc) is 3.15. The minimum atomic E-state index is -0.645. The van der Waals surface area contributed by atoms with Gasteiger partial charge < -0.3 is 22.1 Å². The third-order valence-electron chi connectivity index (χ3n) is 4.48. The Labute approximate surface area is 178 Å². The maximum absolute atomic E-state index is 12.0. The molecule has 0 aliphatic rings. The zero-order valence-corrected chi connectivity index (χ0v) is 16.5. The molecule has 0 aliphatic carbocycles. The molecule has 2 aromatic carbocycles. The summed E-state index contributed by atoms with van der Waals surface area (Å²) in [6, 6.07) is 20.1. The molecule has 0 radical (unpaired) electrons. The van der Waals surface area contributed by atoms with Crippen molar-refractivity contribution in [3.63, 3.8) is 0 Å². The van der Waals surface area contributed by atoms with Crippen LogP contribution in [0.15, 0.2) is 73.1 Å². The molecule has 10 heteroatoms. The Morgan fingerprint density at radius 3 is 2.45 bits per heavy atom. The summed E-state index contributed by atoms with van der Waals surface area (Å²) in [6.07, 6.45) is 1.77. The number of nitrogens with two attached hydrogens (primary N) is 2. The Kier molecular flexibility index (Phi) is 5.70. The van der Waals surface area contributed by atoms with Gasteiger partial charge in [-0.2, -0.15) is 9.67 Å². The molecule has 2 aromatic heterocycles. The first-order valence-electron chi connectivity index (χ1n) is 9.55. The van der Waals surface area contributed by atoms with E-state index in [1.807, 2.05) is 60.7 Å². The minimum Gasteiger partial charge on any atom is -0.368 e. The van der Waals surface area contributed by atoms with E-state index in [1.165, 1.54) is 11.0 Å².